The maximum Gasteiger partial charge on any atom is 0.182 e. The summed E-state index contributed by atoms with van der Waals surface area (Å²) in [5.41, 5.74) is 3.16. The third-order valence-electron chi connectivity index (χ3n) is 6.28. The Labute approximate surface area is 240 Å². The average molecular weight is 618 g/mol. The highest BCUT2D eigenvalue weighted by molar-refractivity contribution is 9.10. The van der Waals surface area contributed by atoms with E-state index >= 15 is 0 Å². The van der Waals surface area contributed by atoms with E-state index < -0.39 is 24.5 Å². The lowest BCUT2D eigenvalue weighted by Gasteiger charge is -2.26. The number of ether oxygens (including phenoxy) is 4. The van der Waals surface area contributed by atoms with Crippen molar-refractivity contribution < 1.29 is 18.9 Å². The fraction of sp³-hybridized carbons (Fsp3) is 0.276. The lowest BCUT2D eigenvalue weighted by Crippen LogP contribution is -2.38. The van der Waals surface area contributed by atoms with Crippen LogP contribution < -0.4 is 0 Å². The highest BCUT2D eigenvalue weighted by Gasteiger charge is 2.48. The number of benzene rings is 3. The van der Waals surface area contributed by atoms with Crippen molar-refractivity contribution in [2.24, 2.45) is 0 Å². The molecule has 0 bridgehead atoms. The van der Waals surface area contributed by atoms with Crippen LogP contribution in [0.15, 0.2) is 95.7 Å². The normalized spacial score (nSPS) is 21.1. The second kappa shape index (κ2) is 13.2. The lowest BCUT2D eigenvalue weighted by molar-refractivity contribution is -0.0918. The maximum atomic E-state index is 6.56. The molecule has 3 aromatic carbocycles. The molecule has 1 aromatic heterocycles. The molecule has 0 spiro atoms. The number of rotatable bonds is 11. The minimum Gasteiger partial charge on any atom is -0.374 e. The number of aromatic nitrogens is 2. The molecule has 4 atom stereocenters. The van der Waals surface area contributed by atoms with Gasteiger partial charge in [0.15, 0.2) is 21.3 Å². The highest BCUT2D eigenvalue weighted by Crippen LogP contribution is 2.40. The summed E-state index contributed by atoms with van der Waals surface area (Å²) in [4.78, 5) is 4.26. The standard InChI is InChI=1S/C29H27BrCl2N2O4/c30-29-33-26(31)27(32)34(29)28-25(37-18-22-14-8-3-9-15-22)24(36-17-21-12-6-2-7-13-21)23(38-28)19-35-16-20-10-4-1-5-11-20/h1-15,23-25,28H,16-19H2/t23-,24-,25+,28+/m1/s1. The largest absolute Gasteiger partial charge is 0.374 e. The smallest absolute Gasteiger partial charge is 0.182 e. The summed E-state index contributed by atoms with van der Waals surface area (Å²) < 4.78 is 27.7. The van der Waals surface area contributed by atoms with E-state index in [0.717, 1.165) is 16.7 Å². The van der Waals surface area contributed by atoms with Crippen LogP contribution in [0.5, 0.6) is 0 Å². The molecule has 0 N–H and O–H groups in total. The predicted octanol–water partition coefficient (Wildman–Crippen LogP) is 7.24. The summed E-state index contributed by atoms with van der Waals surface area (Å²) in [6, 6.07) is 30.0. The molecule has 1 fully saturated rings. The van der Waals surface area contributed by atoms with Crippen molar-refractivity contribution >= 4 is 39.1 Å². The molecule has 6 nitrogen and oxygen atoms in total. The van der Waals surface area contributed by atoms with Gasteiger partial charge in [0, 0.05) is 0 Å². The molecule has 0 saturated carbocycles. The van der Waals surface area contributed by atoms with Gasteiger partial charge in [0.05, 0.1) is 26.4 Å². The molecule has 9 heteroatoms. The van der Waals surface area contributed by atoms with Crippen molar-refractivity contribution in [1.82, 2.24) is 9.55 Å². The van der Waals surface area contributed by atoms with E-state index in [-0.39, 0.29) is 10.3 Å². The molecule has 38 heavy (non-hydrogen) atoms. The van der Waals surface area contributed by atoms with Gasteiger partial charge in [0.1, 0.15) is 18.3 Å². The van der Waals surface area contributed by atoms with Crippen LogP contribution >= 0.6 is 39.1 Å². The van der Waals surface area contributed by atoms with Crippen LogP contribution in [0.3, 0.4) is 0 Å². The summed E-state index contributed by atoms with van der Waals surface area (Å²) in [5.74, 6) is 0. The highest BCUT2D eigenvalue weighted by atomic mass is 79.9. The first-order chi connectivity index (χ1) is 18.6. The molecule has 1 saturated heterocycles. The zero-order valence-corrected chi connectivity index (χ0v) is 23.6. The van der Waals surface area contributed by atoms with Gasteiger partial charge in [0.2, 0.25) is 0 Å². The van der Waals surface area contributed by atoms with Crippen LogP contribution in [0.25, 0.3) is 0 Å². The Morgan fingerprint density at radius 2 is 1.24 bits per heavy atom. The molecular formula is C29H27BrCl2N2O4. The van der Waals surface area contributed by atoms with E-state index in [0.29, 0.717) is 31.2 Å². The SMILES string of the molecule is Clc1nc(Br)n([C@H]2O[C@H](COCc3ccccc3)[C@@H](OCc3ccccc3)[C@@H]2OCc2ccccc2)c1Cl. The zero-order chi connectivity index (χ0) is 26.3. The summed E-state index contributed by atoms with van der Waals surface area (Å²) in [5, 5.41) is 0.430. The van der Waals surface area contributed by atoms with Gasteiger partial charge in [-0.25, -0.2) is 4.98 Å². The van der Waals surface area contributed by atoms with Crippen LogP contribution in [0, 0.1) is 0 Å². The van der Waals surface area contributed by atoms with E-state index in [1.165, 1.54) is 0 Å². The van der Waals surface area contributed by atoms with Crippen molar-refractivity contribution in [3.05, 3.63) is 123 Å². The van der Waals surface area contributed by atoms with Crippen LogP contribution in [0.4, 0.5) is 0 Å². The quantitative estimate of drug-likeness (QED) is 0.178. The molecule has 198 valence electrons. The maximum absolute atomic E-state index is 6.56. The summed E-state index contributed by atoms with van der Waals surface area (Å²) in [6.45, 7) is 1.51. The number of halogens is 3. The third-order valence-corrected chi connectivity index (χ3v) is 7.56. The Hall–Kier alpha value is -2.23. The minimum atomic E-state index is -0.647. The molecule has 0 amide bonds. The van der Waals surface area contributed by atoms with Crippen LogP contribution in [0.2, 0.25) is 10.3 Å². The third kappa shape index (κ3) is 6.66. The first-order valence-electron chi connectivity index (χ1n) is 12.3. The van der Waals surface area contributed by atoms with E-state index in [1.54, 1.807) is 4.57 Å². The van der Waals surface area contributed by atoms with Gasteiger partial charge >= 0.3 is 0 Å². The Morgan fingerprint density at radius 3 is 1.74 bits per heavy atom. The van der Waals surface area contributed by atoms with Gasteiger partial charge < -0.3 is 18.9 Å². The Bertz CT molecular complexity index is 1290. The van der Waals surface area contributed by atoms with Gasteiger partial charge in [-0.2, -0.15) is 0 Å². The summed E-state index contributed by atoms with van der Waals surface area (Å²) >= 11 is 16.3. The molecule has 1 aliphatic heterocycles. The summed E-state index contributed by atoms with van der Waals surface area (Å²) in [7, 11) is 0. The number of hydrogen-bond acceptors (Lipinski definition) is 5. The number of imidazole rings is 1. The molecule has 0 radical (unpaired) electrons. The lowest BCUT2D eigenvalue weighted by atomic mass is 10.1. The van der Waals surface area contributed by atoms with E-state index in [9.17, 15) is 0 Å². The van der Waals surface area contributed by atoms with Crippen LogP contribution in [0.1, 0.15) is 22.9 Å². The van der Waals surface area contributed by atoms with Gasteiger partial charge in [-0.3, -0.25) is 4.57 Å². The second-order valence-corrected chi connectivity index (χ2v) is 10.3. The molecule has 0 aliphatic carbocycles. The van der Waals surface area contributed by atoms with Crippen molar-refractivity contribution in [1.29, 1.82) is 0 Å². The molecule has 1 aliphatic rings. The van der Waals surface area contributed by atoms with E-state index in [2.05, 4.69) is 20.9 Å². The van der Waals surface area contributed by atoms with Gasteiger partial charge in [0.25, 0.3) is 0 Å². The molecule has 5 rings (SSSR count). The average Bonchev–Trinajstić information content (AvgIpc) is 3.41. The van der Waals surface area contributed by atoms with Crippen LogP contribution in [-0.4, -0.2) is 34.5 Å². The van der Waals surface area contributed by atoms with Crippen molar-refractivity contribution in [2.75, 3.05) is 6.61 Å². The first kappa shape index (κ1) is 27.3. The van der Waals surface area contributed by atoms with Gasteiger partial charge in [-0.05, 0) is 32.6 Å². The topological polar surface area (TPSA) is 54.7 Å². The molecule has 4 aromatic rings. The van der Waals surface area contributed by atoms with E-state index in [4.69, 9.17) is 42.1 Å². The van der Waals surface area contributed by atoms with Gasteiger partial charge in [-0.15, -0.1) is 0 Å². The summed E-state index contributed by atoms with van der Waals surface area (Å²) in [6.07, 6.45) is -2.06. The van der Waals surface area contributed by atoms with Crippen molar-refractivity contribution in [3.8, 4) is 0 Å². The van der Waals surface area contributed by atoms with Gasteiger partial charge in [-0.1, -0.05) is 114 Å². The molecule has 0 unspecified atom stereocenters. The number of nitrogens with zero attached hydrogens (tertiary/aromatic N) is 2. The Balaban J connectivity index is 1.41. The Kier molecular flexibility index (Phi) is 9.51. The monoisotopic (exact) mass is 616 g/mol. The predicted molar refractivity (Wildman–Crippen MR) is 150 cm³/mol. The fourth-order valence-electron chi connectivity index (χ4n) is 4.41. The number of hydrogen-bond donors (Lipinski definition) is 0. The zero-order valence-electron chi connectivity index (χ0n) is 20.5. The molecular weight excluding hydrogens is 591 g/mol. The van der Waals surface area contributed by atoms with Crippen molar-refractivity contribution in [3.63, 3.8) is 0 Å². The minimum absolute atomic E-state index is 0.175. The van der Waals surface area contributed by atoms with Crippen LogP contribution in [-0.2, 0) is 38.8 Å². The first-order valence-corrected chi connectivity index (χ1v) is 13.8. The van der Waals surface area contributed by atoms with Crippen molar-refractivity contribution in [2.45, 2.75) is 44.4 Å². The fourth-order valence-corrected chi connectivity index (χ4v) is 5.56. The second-order valence-electron chi connectivity index (χ2n) is 8.92. The van der Waals surface area contributed by atoms with E-state index in [1.807, 2.05) is 91.0 Å². The Morgan fingerprint density at radius 1 is 0.737 bits per heavy atom. The molecule has 2 heterocycles.